The molecule has 3 heterocycles. The molecular weight excluding hydrogens is 593 g/mol. The van der Waals surface area contributed by atoms with Gasteiger partial charge < -0.3 is 20.8 Å². The minimum absolute atomic E-state index is 0.207. The van der Waals surface area contributed by atoms with Gasteiger partial charge in [-0.3, -0.25) is 9.59 Å². The number of hydrogen-bond donors (Lipinski definition) is 4. The van der Waals surface area contributed by atoms with Crippen LogP contribution in [0, 0.1) is 0 Å². The molecule has 0 saturated carbocycles. The number of hydrogen-bond acceptors (Lipinski definition) is 13. The first-order valence-corrected chi connectivity index (χ1v) is 15.7. The Labute approximate surface area is 236 Å². The lowest BCUT2D eigenvalue weighted by atomic mass is 9.97. The van der Waals surface area contributed by atoms with Crippen LogP contribution in [0.5, 0.6) is 0 Å². The highest BCUT2D eigenvalue weighted by Gasteiger charge is 2.25. The highest BCUT2D eigenvalue weighted by Crippen LogP contribution is 2.32. The number of carbonyl (C=O) groups is 4. The third-order valence-electron chi connectivity index (χ3n) is 4.93. The van der Waals surface area contributed by atoms with Gasteiger partial charge in [-0.2, -0.15) is 0 Å². The number of benzene rings is 1. The average Bonchev–Trinajstić information content (AvgIpc) is 3.54. The number of carboxylic acids is 2. The van der Waals surface area contributed by atoms with Gasteiger partial charge in [-0.1, -0.05) is 58.0 Å². The van der Waals surface area contributed by atoms with Crippen LogP contribution in [0.3, 0.4) is 0 Å². The third kappa shape index (κ3) is 7.43. The molecule has 0 atom stereocenters. The maximum Gasteiger partial charge on any atom is 0.336 e. The van der Waals surface area contributed by atoms with E-state index in [9.17, 15) is 29.4 Å². The average molecular weight is 613 g/mol. The van der Waals surface area contributed by atoms with E-state index in [1.807, 2.05) is 0 Å². The Hall–Kier alpha value is -2.73. The molecule has 0 aliphatic carbocycles. The van der Waals surface area contributed by atoms with Crippen molar-refractivity contribution in [2.75, 3.05) is 24.6 Å². The van der Waals surface area contributed by atoms with Gasteiger partial charge in [0.1, 0.15) is 5.01 Å². The van der Waals surface area contributed by atoms with E-state index in [1.54, 1.807) is 11.8 Å². The van der Waals surface area contributed by atoms with E-state index in [1.165, 1.54) is 46.2 Å². The predicted octanol–water partition coefficient (Wildman–Crippen LogP) is 3.22. The monoisotopic (exact) mass is 612 g/mol. The summed E-state index contributed by atoms with van der Waals surface area (Å²) in [6.07, 6.45) is 1.15. The molecule has 2 aromatic heterocycles. The molecule has 0 saturated heterocycles. The molecule has 1 aliphatic rings. The van der Waals surface area contributed by atoms with Gasteiger partial charge in [-0.15, -0.1) is 20.4 Å². The zero-order valence-corrected chi connectivity index (χ0v) is 23.5. The van der Waals surface area contributed by atoms with Crippen molar-refractivity contribution >= 4 is 81.7 Å². The maximum absolute atomic E-state index is 12.9. The van der Waals surface area contributed by atoms with Gasteiger partial charge in [0.25, 0.3) is 11.8 Å². The second-order valence-corrected chi connectivity index (χ2v) is 13.5. The summed E-state index contributed by atoms with van der Waals surface area (Å²) in [5, 5.41) is 42.0. The summed E-state index contributed by atoms with van der Waals surface area (Å²) in [5.74, 6) is -2.44. The topological polar surface area (TPSA) is 184 Å². The highest BCUT2D eigenvalue weighted by atomic mass is 32.2. The van der Waals surface area contributed by atoms with E-state index in [2.05, 4.69) is 31.0 Å². The lowest BCUT2D eigenvalue weighted by Gasteiger charge is -2.13. The molecule has 1 aliphatic heterocycles. The zero-order chi connectivity index (χ0) is 27.1. The van der Waals surface area contributed by atoms with Gasteiger partial charge in [0.15, 0.2) is 13.0 Å². The van der Waals surface area contributed by atoms with Crippen molar-refractivity contribution in [1.82, 2.24) is 31.0 Å². The fraction of sp³-hybridized carbons (Fsp3) is 0.333. The fourth-order valence-electron chi connectivity index (χ4n) is 3.18. The summed E-state index contributed by atoms with van der Waals surface area (Å²) in [6, 6.07) is 1.87. The Kier molecular flexibility index (Phi) is 9.95. The van der Waals surface area contributed by atoms with Crippen molar-refractivity contribution in [3.63, 3.8) is 0 Å². The molecule has 1 aromatic carbocycles. The van der Waals surface area contributed by atoms with Crippen LogP contribution in [-0.2, 0) is 5.75 Å². The van der Waals surface area contributed by atoms with Gasteiger partial charge in [-0.25, -0.2) is 9.59 Å². The Morgan fingerprint density at radius 1 is 0.711 bits per heavy atom. The Morgan fingerprint density at radius 3 is 1.71 bits per heavy atom. The molecule has 2 amide bonds. The molecular formula is C21H20N6O6S5. The zero-order valence-electron chi connectivity index (χ0n) is 19.5. The number of rotatable bonds is 2. The van der Waals surface area contributed by atoms with E-state index in [-0.39, 0.29) is 24.2 Å². The second kappa shape index (κ2) is 13.4. The number of fused-ring (bicyclic) bond motifs is 5. The number of amides is 2. The van der Waals surface area contributed by atoms with E-state index >= 15 is 0 Å². The predicted molar refractivity (Wildman–Crippen MR) is 145 cm³/mol. The Balaban J connectivity index is 1.55. The van der Waals surface area contributed by atoms with Crippen LogP contribution >= 0.6 is 58.0 Å². The van der Waals surface area contributed by atoms with E-state index in [0.29, 0.717) is 30.1 Å². The van der Waals surface area contributed by atoms with E-state index in [4.69, 9.17) is 0 Å². The number of aromatic nitrogens is 4. The second-order valence-electron chi connectivity index (χ2n) is 7.55. The number of carbonyl (C=O) groups excluding carboxylic acids is 2. The van der Waals surface area contributed by atoms with E-state index < -0.39 is 34.9 Å². The van der Waals surface area contributed by atoms with Crippen molar-refractivity contribution in [3.8, 4) is 0 Å². The van der Waals surface area contributed by atoms with Gasteiger partial charge >= 0.3 is 11.9 Å². The van der Waals surface area contributed by atoms with Crippen molar-refractivity contribution < 1.29 is 29.4 Å². The molecule has 200 valence electrons. The first-order valence-electron chi connectivity index (χ1n) is 11.1. The van der Waals surface area contributed by atoms with Crippen molar-refractivity contribution in [1.29, 1.82) is 0 Å². The molecule has 38 heavy (non-hydrogen) atoms. The molecule has 4 bridgehead atoms. The van der Waals surface area contributed by atoms with Crippen LogP contribution in [0.1, 0.15) is 59.3 Å². The van der Waals surface area contributed by atoms with Crippen LogP contribution in [0.15, 0.2) is 25.2 Å². The summed E-state index contributed by atoms with van der Waals surface area (Å²) in [7, 11) is 0. The number of nitrogens with zero attached hydrogens (tertiary/aromatic N) is 4. The summed E-state index contributed by atoms with van der Waals surface area (Å²) < 4.78 is 2.43. The molecule has 3 aromatic rings. The fourth-order valence-corrected chi connectivity index (χ4v) is 8.10. The van der Waals surface area contributed by atoms with Gasteiger partial charge in [0.05, 0.1) is 28.0 Å². The quantitative estimate of drug-likeness (QED) is 0.331. The Bertz CT molecular complexity index is 1260. The normalized spacial score (nSPS) is 15.8. The van der Waals surface area contributed by atoms with Crippen molar-refractivity contribution in [2.45, 2.75) is 31.6 Å². The smallest absolute Gasteiger partial charge is 0.336 e. The molecule has 4 N–H and O–H groups in total. The number of aromatic carboxylic acids is 2. The van der Waals surface area contributed by atoms with Crippen LogP contribution < -0.4 is 10.6 Å². The van der Waals surface area contributed by atoms with Crippen molar-refractivity contribution in [2.24, 2.45) is 0 Å². The van der Waals surface area contributed by atoms with Crippen molar-refractivity contribution in [3.05, 3.63) is 39.4 Å². The SMILES string of the molecule is O=C(O)c1cc2c(cc1C(=O)O)C(=O)NCCCSc1nnc(s1)SCc1nnc(s1)SCCCNC2=O. The minimum Gasteiger partial charge on any atom is -0.478 e. The molecule has 4 rings (SSSR count). The molecule has 0 radical (unpaired) electrons. The molecule has 0 spiro atoms. The van der Waals surface area contributed by atoms with Gasteiger partial charge in [0.2, 0.25) is 0 Å². The van der Waals surface area contributed by atoms with Gasteiger partial charge in [0, 0.05) is 24.6 Å². The highest BCUT2D eigenvalue weighted by molar-refractivity contribution is 8.03. The number of thioether (sulfide) groups is 3. The van der Waals surface area contributed by atoms with E-state index in [0.717, 1.165) is 30.2 Å². The van der Waals surface area contributed by atoms with Crippen LogP contribution in [0.25, 0.3) is 0 Å². The summed E-state index contributed by atoms with van der Waals surface area (Å²) in [4.78, 5) is 49.2. The molecule has 0 fully saturated rings. The largest absolute Gasteiger partial charge is 0.478 e. The molecule has 0 unspecified atom stereocenters. The van der Waals surface area contributed by atoms with Crippen LogP contribution in [0.2, 0.25) is 0 Å². The summed E-state index contributed by atoms with van der Waals surface area (Å²) >= 11 is 7.51. The number of carboxylic acid groups (broad SMARTS) is 2. The van der Waals surface area contributed by atoms with Gasteiger partial charge in [-0.05, 0) is 25.0 Å². The number of nitrogens with one attached hydrogen (secondary N) is 2. The lowest BCUT2D eigenvalue weighted by molar-refractivity contribution is 0.0651. The first kappa shape index (κ1) is 28.3. The minimum atomic E-state index is -1.51. The standard InChI is InChI=1S/C21H20N6O6S5/c28-15-10-7-12(17(30)31)13(18(32)33)8-11(10)16(29)23-4-2-6-35-20-26-27-21(38-20)36-9-14-24-25-19(37-14)34-5-1-3-22-15/h7-8H,1-6,9H2,(H,22,28)(H,23,29)(H,30,31)(H,32,33). The molecule has 17 heteroatoms. The Morgan fingerprint density at radius 2 is 1.18 bits per heavy atom. The van der Waals surface area contributed by atoms with Crippen LogP contribution in [0.4, 0.5) is 0 Å². The molecule has 12 nitrogen and oxygen atoms in total. The summed E-state index contributed by atoms with van der Waals surface area (Å²) in [6.45, 7) is 0.515. The maximum atomic E-state index is 12.9. The first-order chi connectivity index (χ1) is 18.3. The summed E-state index contributed by atoms with van der Waals surface area (Å²) in [5.41, 5.74) is -1.56. The lowest BCUT2D eigenvalue weighted by Crippen LogP contribution is -2.31. The van der Waals surface area contributed by atoms with Crippen LogP contribution in [-0.4, -0.2) is 79.0 Å². The third-order valence-corrected chi connectivity index (χ3v) is 10.5.